The summed E-state index contributed by atoms with van der Waals surface area (Å²) >= 11 is 0. The third-order valence-electron chi connectivity index (χ3n) is 1.44. The van der Waals surface area contributed by atoms with Gasteiger partial charge < -0.3 is 16.2 Å². The number of nitrogen functional groups attached to an aromatic ring is 1. The van der Waals surface area contributed by atoms with Gasteiger partial charge in [-0.15, -0.1) is 0 Å². The average molecular weight is 167 g/mol. The van der Waals surface area contributed by atoms with Crippen LogP contribution in [-0.2, 0) is 0 Å². The van der Waals surface area contributed by atoms with Crippen LogP contribution >= 0.6 is 0 Å². The van der Waals surface area contributed by atoms with E-state index in [0.29, 0.717) is 11.6 Å². The van der Waals surface area contributed by atoms with E-state index < -0.39 is 0 Å². The molecule has 1 heterocycles. The van der Waals surface area contributed by atoms with Gasteiger partial charge in [-0.05, 0) is 19.1 Å². The molecule has 1 unspecified atom stereocenters. The number of hydrogen-bond acceptors (Lipinski definition) is 4. The molecule has 0 aliphatic carbocycles. The minimum absolute atomic E-state index is 0.000648. The molecule has 0 bridgehead atoms. The van der Waals surface area contributed by atoms with E-state index >= 15 is 0 Å². The zero-order chi connectivity index (χ0) is 8.97. The monoisotopic (exact) mass is 167 g/mol. The van der Waals surface area contributed by atoms with Crippen molar-refractivity contribution in [1.82, 2.24) is 4.98 Å². The van der Waals surface area contributed by atoms with E-state index in [1.807, 2.05) is 19.1 Å². The van der Waals surface area contributed by atoms with Gasteiger partial charge in [-0.1, -0.05) is 6.07 Å². The van der Waals surface area contributed by atoms with E-state index in [1.54, 1.807) is 6.07 Å². The van der Waals surface area contributed by atoms with Crippen LogP contribution in [0, 0.1) is 0 Å². The van der Waals surface area contributed by atoms with Crippen molar-refractivity contribution in [2.75, 3.05) is 17.7 Å². The Kier molecular flexibility index (Phi) is 2.88. The van der Waals surface area contributed by atoms with Crippen molar-refractivity contribution >= 4 is 11.6 Å². The number of nitrogens with one attached hydrogen (secondary N) is 1. The van der Waals surface area contributed by atoms with Gasteiger partial charge in [0.1, 0.15) is 11.6 Å². The van der Waals surface area contributed by atoms with Crippen LogP contribution in [0.1, 0.15) is 6.92 Å². The molecule has 0 spiro atoms. The number of aliphatic hydroxyl groups excluding tert-OH is 1. The second-order valence-corrected chi connectivity index (χ2v) is 2.68. The number of rotatable bonds is 3. The summed E-state index contributed by atoms with van der Waals surface area (Å²) in [6.07, 6.45) is 0. The standard InChI is InChI=1S/C8H13N3O/c1-6(5-12)10-8-4-2-3-7(9)11-8/h2-4,6,12H,5H2,1H3,(H3,9,10,11). The smallest absolute Gasteiger partial charge is 0.128 e. The maximum Gasteiger partial charge on any atom is 0.128 e. The second-order valence-electron chi connectivity index (χ2n) is 2.68. The highest BCUT2D eigenvalue weighted by Crippen LogP contribution is 2.06. The number of anilines is 2. The first kappa shape index (κ1) is 8.80. The zero-order valence-corrected chi connectivity index (χ0v) is 6.99. The molecule has 4 heteroatoms. The minimum Gasteiger partial charge on any atom is -0.394 e. The number of nitrogens with zero attached hydrogens (tertiary/aromatic N) is 1. The topological polar surface area (TPSA) is 71.2 Å². The molecule has 0 amide bonds. The minimum atomic E-state index is -0.000648. The summed E-state index contributed by atoms with van der Waals surface area (Å²) in [5, 5.41) is 11.7. The summed E-state index contributed by atoms with van der Waals surface area (Å²) in [6, 6.07) is 5.34. The first-order valence-corrected chi connectivity index (χ1v) is 3.82. The highest BCUT2D eigenvalue weighted by atomic mass is 16.3. The van der Waals surface area contributed by atoms with Crippen LogP contribution < -0.4 is 11.1 Å². The van der Waals surface area contributed by atoms with Gasteiger partial charge in [0.2, 0.25) is 0 Å². The molecule has 4 nitrogen and oxygen atoms in total. The molecule has 0 aromatic carbocycles. The van der Waals surface area contributed by atoms with Gasteiger partial charge in [0.05, 0.1) is 6.61 Å². The predicted octanol–water partition coefficient (Wildman–Crippen LogP) is 0.457. The maximum atomic E-state index is 8.74. The van der Waals surface area contributed by atoms with Crippen molar-refractivity contribution in [3.8, 4) is 0 Å². The van der Waals surface area contributed by atoms with Crippen LogP contribution in [0.25, 0.3) is 0 Å². The molecule has 1 aromatic heterocycles. The van der Waals surface area contributed by atoms with Crippen molar-refractivity contribution in [3.05, 3.63) is 18.2 Å². The number of aromatic nitrogens is 1. The van der Waals surface area contributed by atoms with Crippen LogP contribution in [0.4, 0.5) is 11.6 Å². The Labute approximate surface area is 71.4 Å². The molecular formula is C8H13N3O. The maximum absolute atomic E-state index is 8.74. The number of hydrogen-bond donors (Lipinski definition) is 3. The molecule has 0 aliphatic rings. The number of aliphatic hydroxyl groups is 1. The van der Waals surface area contributed by atoms with E-state index in [4.69, 9.17) is 10.8 Å². The Hall–Kier alpha value is -1.29. The van der Waals surface area contributed by atoms with Crippen molar-refractivity contribution in [3.63, 3.8) is 0 Å². The van der Waals surface area contributed by atoms with Crippen molar-refractivity contribution in [1.29, 1.82) is 0 Å². The van der Waals surface area contributed by atoms with E-state index in [0.717, 1.165) is 0 Å². The highest BCUT2D eigenvalue weighted by Gasteiger charge is 1.99. The Morgan fingerprint density at radius 3 is 3.00 bits per heavy atom. The molecule has 0 saturated heterocycles. The van der Waals surface area contributed by atoms with Crippen LogP contribution in [-0.4, -0.2) is 22.7 Å². The van der Waals surface area contributed by atoms with Crippen LogP contribution in [0.5, 0.6) is 0 Å². The summed E-state index contributed by atoms with van der Waals surface area (Å²) < 4.78 is 0. The van der Waals surface area contributed by atoms with E-state index in [1.165, 1.54) is 0 Å². The van der Waals surface area contributed by atoms with Crippen molar-refractivity contribution in [2.24, 2.45) is 0 Å². The molecule has 12 heavy (non-hydrogen) atoms. The summed E-state index contributed by atoms with van der Waals surface area (Å²) in [4.78, 5) is 4.02. The van der Waals surface area contributed by atoms with E-state index in [9.17, 15) is 0 Å². The van der Waals surface area contributed by atoms with Crippen LogP contribution in [0.15, 0.2) is 18.2 Å². The molecule has 4 N–H and O–H groups in total. The van der Waals surface area contributed by atoms with Crippen LogP contribution in [0.2, 0.25) is 0 Å². The van der Waals surface area contributed by atoms with Crippen molar-refractivity contribution in [2.45, 2.75) is 13.0 Å². The first-order chi connectivity index (χ1) is 5.72. The van der Waals surface area contributed by atoms with E-state index in [-0.39, 0.29) is 12.6 Å². The molecule has 1 rings (SSSR count). The Balaban J connectivity index is 2.63. The molecule has 1 aromatic rings. The van der Waals surface area contributed by atoms with Gasteiger partial charge in [-0.2, -0.15) is 0 Å². The molecular weight excluding hydrogens is 154 g/mol. The summed E-state index contributed by atoms with van der Waals surface area (Å²) in [7, 11) is 0. The first-order valence-electron chi connectivity index (χ1n) is 3.82. The molecule has 0 radical (unpaired) electrons. The fraction of sp³-hybridized carbons (Fsp3) is 0.375. The lowest BCUT2D eigenvalue weighted by atomic mass is 10.3. The molecule has 0 aliphatic heterocycles. The van der Waals surface area contributed by atoms with Crippen molar-refractivity contribution < 1.29 is 5.11 Å². The Bertz CT molecular complexity index is 252. The normalized spacial score (nSPS) is 12.5. The van der Waals surface area contributed by atoms with Crippen LogP contribution in [0.3, 0.4) is 0 Å². The van der Waals surface area contributed by atoms with Gasteiger partial charge in [-0.3, -0.25) is 0 Å². The van der Waals surface area contributed by atoms with Gasteiger partial charge >= 0.3 is 0 Å². The third kappa shape index (κ3) is 2.39. The Morgan fingerprint density at radius 2 is 2.42 bits per heavy atom. The van der Waals surface area contributed by atoms with Gasteiger partial charge in [0.15, 0.2) is 0 Å². The fourth-order valence-electron chi connectivity index (χ4n) is 0.830. The lowest BCUT2D eigenvalue weighted by molar-refractivity contribution is 0.281. The molecule has 0 saturated carbocycles. The van der Waals surface area contributed by atoms with Gasteiger partial charge in [0, 0.05) is 6.04 Å². The number of pyridine rings is 1. The summed E-state index contributed by atoms with van der Waals surface area (Å²) in [5.41, 5.74) is 5.46. The summed E-state index contributed by atoms with van der Waals surface area (Å²) in [6.45, 7) is 1.95. The predicted molar refractivity (Wildman–Crippen MR) is 48.8 cm³/mol. The molecule has 0 fully saturated rings. The largest absolute Gasteiger partial charge is 0.394 e. The summed E-state index contributed by atoms with van der Waals surface area (Å²) in [5.74, 6) is 1.17. The average Bonchev–Trinajstić information content (AvgIpc) is 2.04. The molecule has 66 valence electrons. The quantitative estimate of drug-likeness (QED) is 0.611. The van der Waals surface area contributed by atoms with Gasteiger partial charge in [0.25, 0.3) is 0 Å². The zero-order valence-electron chi connectivity index (χ0n) is 6.99. The number of nitrogens with two attached hydrogens (primary N) is 1. The highest BCUT2D eigenvalue weighted by molar-refractivity contribution is 5.42. The molecule has 1 atom stereocenters. The third-order valence-corrected chi connectivity index (χ3v) is 1.44. The SMILES string of the molecule is CC(CO)Nc1cccc(N)n1. The fourth-order valence-corrected chi connectivity index (χ4v) is 0.830. The van der Waals surface area contributed by atoms with E-state index in [2.05, 4.69) is 10.3 Å². The Morgan fingerprint density at radius 1 is 1.67 bits per heavy atom. The second kappa shape index (κ2) is 3.92. The lowest BCUT2D eigenvalue weighted by Gasteiger charge is -2.10. The lowest BCUT2D eigenvalue weighted by Crippen LogP contribution is -2.20. The van der Waals surface area contributed by atoms with Gasteiger partial charge in [-0.25, -0.2) is 4.98 Å².